The van der Waals surface area contributed by atoms with E-state index in [9.17, 15) is 5.11 Å². The van der Waals surface area contributed by atoms with E-state index in [1.807, 2.05) is 13.0 Å². The minimum absolute atomic E-state index is 0.141. The van der Waals surface area contributed by atoms with Gasteiger partial charge >= 0.3 is 0 Å². The molecule has 0 aliphatic heterocycles. The monoisotopic (exact) mass is 455 g/mol. The van der Waals surface area contributed by atoms with E-state index in [1.165, 1.54) is 38.9 Å². The van der Waals surface area contributed by atoms with Crippen LogP contribution >= 0.6 is 0 Å². The average molecular weight is 456 g/mol. The van der Waals surface area contributed by atoms with Crippen molar-refractivity contribution < 1.29 is 5.11 Å². The van der Waals surface area contributed by atoms with Gasteiger partial charge in [0.05, 0.1) is 0 Å². The van der Waals surface area contributed by atoms with Gasteiger partial charge in [-0.25, -0.2) is 0 Å². The van der Waals surface area contributed by atoms with Crippen molar-refractivity contribution >= 4 is 11.3 Å². The van der Waals surface area contributed by atoms with E-state index >= 15 is 0 Å². The number of allylic oxidation sites excluding steroid dienone is 1. The molecule has 3 N–H and O–H groups in total. The highest BCUT2D eigenvalue weighted by Gasteiger charge is 2.54. The summed E-state index contributed by atoms with van der Waals surface area (Å²) in [6, 6.07) is 28.6. The van der Waals surface area contributed by atoms with Crippen LogP contribution in [0.2, 0.25) is 0 Å². The van der Waals surface area contributed by atoms with Crippen LogP contribution in [0.4, 0.5) is 5.69 Å². The number of phenols is 1. The predicted molar refractivity (Wildman–Crippen MR) is 144 cm³/mol. The van der Waals surface area contributed by atoms with Crippen LogP contribution in [0.15, 0.2) is 85.4 Å². The fourth-order valence-electron chi connectivity index (χ4n) is 7.44. The molecule has 1 atom stereocenters. The Bertz CT molecular complexity index is 1520. The van der Waals surface area contributed by atoms with Crippen LogP contribution in [0, 0.1) is 6.92 Å². The molecule has 0 radical (unpaired) electrons. The summed E-state index contributed by atoms with van der Waals surface area (Å²) in [5.74, 6) is 0.348. The van der Waals surface area contributed by atoms with Crippen LogP contribution in [-0.2, 0) is 10.8 Å². The Hall–Kier alpha value is -3.78. The van der Waals surface area contributed by atoms with Crippen molar-refractivity contribution in [3.63, 3.8) is 0 Å². The molecule has 2 nitrogen and oxygen atoms in total. The van der Waals surface area contributed by atoms with Crippen LogP contribution in [-0.4, -0.2) is 5.11 Å². The van der Waals surface area contributed by atoms with Crippen LogP contribution in [0.5, 0.6) is 5.75 Å². The van der Waals surface area contributed by atoms with E-state index in [1.54, 1.807) is 0 Å². The maximum atomic E-state index is 10.5. The standard InChI is InChI=1S/C33H29NO/c1-20-13-14-32(29-17-21(2)31(35)19-25(20)29)15-16-33(28-12-11-22(34)18-30(28)32)26-9-5-3-7-23(26)24-8-4-6-10-27(24)33/h3-12,17-19,35H,1,13-16,34H2,2H3. The van der Waals surface area contributed by atoms with Gasteiger partial charge in [-0.05, 0) is 106 Å². The Kier molecular flexibility index (Phi) is 4.05. The summed E-state index contributed by atoms with van der Waals surface area (Å²) in [5, 5.41) is 10.5. The third kappa shape index (κ3) is 2.49. The molecule has 172 valence electrons. The number of hydrogen-bond donors (Lipinski definition) is 2. The first-order valence-corrected chi connectivity index (χ1v) is 12.6. The van der Waals surface area contributed by atoms with Crippen LogP contribution in [0.3, 0.4) is 0 Å². The van der Waals surface area contributed by atoms with Gasteiger partial charge in [-0.3, -0.25) is 0 Å². The second kappa shape index (κ2) is 6.88. The van der Waals surface area contributed by atoms with Gasteiger partial charge in [0.15, 0.2) is 0 Å². The van der Waals surface area contributed by atoms with Crippen molar-refractivity contribution in [2.75, 3.05) is 5.73 Å². The molecule has 0 aromatic heterocycles. The summed E-state index contributed by atoms with van der Waals surface area (Å²) >= 11 is 0. The van der Waals surface area contributed by atoms with Crippen molar-refractivity contribution in [2.24, 2.45) is 0 Å². The molecule has 3 aliphatic carbocycles. The largest absolute Gasteiger partial charge is 0.508 e. The molecule has 0 heterocycles. The molecular weight excluding hydrogens is 426 g/mol. The molecule has 4 aromatic rings. The van der Waals surface area contributed by atoms with Gasteiger partial charge in [-0.2, -0.15) is 0 Å². The van der Waals surface area contributed by atoms with Gasteiger partial charge < -0.3 is 10.8 Å². The minimum atomic E-state index is -0.179. The SMILES string of the molecule is C=C1CCC2(CCC3(c4ccccc4-c4ccccc43)c3ccc(N)cc32)c2cc(C)c(O)cc21. The van der Waals surface area contributed by atoms with Crippen molar-refractivity contribution in [1.82, 2.24) is 0 Å². The summed E-state index contributed by atoms with van der Waals surface area (Å²) in [6.07, 6.45) is 3.99. The van der Waals surface area contributed by atoms with Gasteiger partial charge in [0.25, 0.3) is 0 Å². The van der Waals surface area contributed by atoms with Crippen molar-refractivity contribution in [3.05, 3.63) is 124 Å². The third-order valence-electron chi connectivity index (χ3n) is 9.10. The molecule has 4 aromatic carbocycles. The van der Waals surface area contributed by atoms with E-state index in [4.69, 9.17) is 5.73 Å². The van der Waals surface area contributed by atoms with Gasteiger partial charge in [-0.1, -0.05) is 67.2 Å². The Balaban J connectivity index is 1.57. The number of nitrogen functional groups attached to an aromatic ring is 1. The predicted octanol–water partition coefficient (Wildman–Crippen LogP) is 7.48. The first-order valence-electron chi connectivity index (χ1n) is 12.6. The Morgan fingerprint density at radius 1 is 0.714 bits per heavy atom. The molecule has 2 heteroatoms. The fourth-order valence-corrected chi connectivity index (χ4v) is 7.44. The second-order valence-corrected chi connectivity index (χ2v) is 10.7. The van der Waals surface area contributed by atoms with E-state index in [2.05, 4.69) is 79.4 Å². The van der Waals surface area contributed by atoms with Crippen molar-refractivity contribution in [2.45, 2.75) is 43.4 Å². The lowest BCUT2D eigenvalue weighted by Gasteiger charge is -2.50. The highest BCUT2D eigenvalue weighted by Crippen LogP contribution is 2.63. The van der Waals surface area contributed by atoms with Gasteiger partial charge in [0.2, 0.25) is 0 Å². The van der Waals surface area contributed by atoms with Crippen LogP contribution in [0.25, 0.3) is 16.7 Å². The number of benzene rings is 4. The molecule has 35 heavy (non-hydrogen) atoms. The minimum Gasteiger partial charge on any atom is -0.508 e. The highest BCUT2D eigenvalue weighted by atomic mass is 16.3. The summed E-state index contributed by atoms with van der Waals surface area (Å²) in [6.45, 7) is 6.37. The second-order valence-electron chi connectivity index (χ2n) is 10.7. The maximum Gasteiger partial charge on any atom is 0.119 e. The first-order chi connectivity index (χ1) is 17.0. The van der Waals surface area contributed by atoms with Crippen molar-refractivity contribution in [3.8, 4) is 16.9 Å². The number of hydrogen-bond acceptors (Lipinski definition) is 2. The van der Waals surface area contributed by atoms with E-state index < -0.39 is 0 Å². The number of aryl methyl sites for hydroxylation is 1. The summed E-state index contributed by atoms with van der Waals surface area (Å²) < 4.78 is 0. The Labute approximate surface area is 206 Å². The zero-order valence-electron chi connectivity index (χ0n) is 20.1. The molecule has 0 amide bonds. The lowest BCUT2D eigenvalue weighted by molar-refractivity contribution is 0.345. The lowest BCUT2D eigenvalue weighted by atomic mass is 9.52. The zero-order chi connectivity index (χ0) is 23.9. The molecule has 7 rings (SSSR count). The number of phenolic OH excluding ortho intramolecular Hbond substituents is 1. The highest BCUT2D eigenvalue weighted by molar-refractivity contribution is 5.85. The van der Waals surface area contributed by atoms with E-state index in [0.717, 1.165) is 48.1 Å². The Morgan fingerprint density at radius 2 is 1.40 bits per heavy atom. The van der Waals surface area contributed by atoms with Crippen LogP contribution in [0.1, 0.15) is 64.6 Å². The average Bonchev–Trinajstić information content (AvgIpc) is 3.15. The molecule has 0 bridgehead atoms. The zero-order valence-corrected chi connectivity index (χ0v) is 20.1. The van der Waals surface area contributed by atoms with Gasteiger partial charge in [0, 0.05) is 16.5 Å². The molecule has 0 saturated heterocycles. The quantitative estimate of drug-likeness (QED) is 0.270. The number of nitrogens with two attached hydrogens (primary N) is 1. The van der Waals surface area contributed by atoms with Gasteiger partial charge in [0.1, 0.15) is 5.75 Å². The number of aromatic hydroxyl groups is 1. The summed E-state index contributed by atoms with van der Waals surface area (Å²) in [7, 11) is 0. The number of rotatable bonds is 0. The van der Waals surface area contributed by atoms with Crippen LogP contribution < -0.4 is 5.73 Å². The third-order valence-corrected chi connectivity index (χ3v) is 9.10. The number of anilines is 1. The smallest absolute Gasteiger partial charge is 0.119 e. The topological polar surface area (TPSA) is 46.2 Å². The molecular formula is C33H29NO. The summed E-state index contributed by atoms with van der Waals surface area (Å²) in [5.41, 5.74) is 19.6. The van der Waals surface area contributed by atoms with Crippen molar-refractivity contribution in [1.29, 1.82) is 0 Å². The maximum absolute atomic E-state index is 10.5. The fraction of sp³-hybridized carbons (Fsp3) is 0.212. The molecule has 1 unspecified atom stereocenters. The van der Waals surface area contributed by atoms with E-state index in [0.29, 0.717) is 5.75 Å². The molecule has 3 aliphatic rings. The molecule has 0 fully saturated rings. The normalized spacial score (nSPS) is 20.9. The molecule has 2 spiro atoms. The Morgan fingerprint density at radius 3 is 2.11 bits per heavy atom. The number of fused-ring (bicyclic) bond motifs is 10. The van der Waals surface area contributed by atoms with E-state index in [-0.39, 0.29) is 10.8 Å². The first kappa shape index (κ1) is 20.6. The molecule has 0 saturated carbocycles. The van der Waals surface area contributed by atoms with Gasteiger partial charge in [-0.15, -0.1) is 0 Å². The summed E-state index contributed by atoms with van der Waals surface area (Å²) in [4.78, 5) is 0. The lowest BCUT2D eigenvalue weighted by Crippen LogP contribution is -2.43.